The van der Waals surface area contributed by atoms with Crippen LogP contribution in [-0.4, -0.2) is 30.9 Å². The van der Waals surface area contributed by atoms with Crippen molar-refractivity contribution in [3.63, 3.8) is 0 Å². The Labute approximate surface area is 95.7 Å². The standard InChI is InChI=1S/C10H17NO4S/c1-4-11(5-2)16(13,14)10-6-9(7-12)15-8(10)3/h6,12H,4-5,7H2,1-3H3. The maximum atomic E-state index is 12.1. The van der Waals surface area contributed by atoms with Gasteiger partial charge in [0.1, 0.15) is 23.0 Å². The fourth-order valence-corrected chi connectivity index (χ4v) is 3.20. The molecule has 0 saturated heterocycles. The summed E-state index contributed by atoms with van der Waals surface area (Å²) in [6.45, 7) is 5.67. The molecule has 0 saturated carbocycles. The van der Waals surface area contributed by atoms with Crippen LogP contribution in [0.15, 0.2) is 15.4 Å². The van der Waals surface area contributed by atoms with Crippen LogP contribution in [0.2, 0.25) is 0 Å². The zero-order valence-corrected chi connectivity index (χ0v) is 10.5. The molecule has 1 aromatic heterocycles. The summed E-state index contributed by atoms with van der Waals surface area (Å²) in [5.41, 5.74) is 0. The van der Waals surface area contributed by atoms with Crippen molar-refractivity contribution in [2.24, 2.45) is 0 Å². The predicted molar refractivity (Wildman–Crippen MR) is 59.5 cm³/mol. The van der Waals surface area contributed by atoms with Crippen LogP contribution in [-0.2, 0) is 16.6 Å². The molecule has 0 unspecified atom stereocenters. The van der Waals surface area contributed by atoms with Gasteiger partial charge in [0, 0.05) is 19.2 Å². The SMILES string of the molecule is CCN(CC)S(=O)(=O)c1cc(CO)oc1C. The zero-order valence-electron chi connectivity index (χ0n) is 9.73. The average molecular weight is 247 g/mol. The highest BCUT2D eigenvalue weighted by atomic mass is 32.2. The van der Waals surface area contributed by atoms with Crippen LogP contribution < -0.4 is 0 Å². The first-order valence-corrected chi connectivity index (χ1v) is 6.61. The molecule has 1 rings (SSSR count). The van der Waals surface area contributed by atoms with Crippen molar-refractivity contribution in [1.82, 2.24) is 4.31 Å². The number of hydrogen-bond acceptors (Lipinski definition) is 4. The minimum Gasteiger partial charge on any atom is -0.462 e. The Balaban J connectivity index is 3.21. The van der Waals surface area contributed by atoms with Crippen LogP contribution in [0.25, 0.3) is 0 Å². The summed E-state index contributed by atoms with van der Waals surface area (Å²) in [7, 11) is -3.49. The fourth-order valence-electron chi connectivity index (χ4n) is 1.56. The molecule has 0 aliphatic heterocycles. The Morgan fingerprint density at radius 2 is 1.94 bits per heavy atom. The van der Waals surface area contributed by atoms with Crippen molar-refractivity contribution in [3.05, 3.63) is 17.6 Å². The van der Waals surface area contributed by atoms with Crippen molar-refractivity contribution < 1.29 is 17.9 Å². The third kappa shape index (κ3) is 2.28. The fraction of sp³-hybridized carbons (Fsp3) is 0.600. The third-order valence-electron chi connectivity index (χ3n) is 2.40. The first-order valence-electron chi connectivity index (χ1n) is 5.17. The number of furan rings is 1. The minimum absolute atomic E-state index is 0.139. The lowest BCUT2D eigenvalue weighted by atomic mass is 10.4. The number of aliphatic hydroxyl groups excluding tert-OH is 1. The van der Waals surface area contributed by atoms with E-state index in [1.165, 1.54) is 10.4 Å². The smallest absolute Gasteiger partial charge is 0.246 e. The highest BCUT2D eigenvalue weighted by Crippen LogP contribution is 2.23. The van der Waals surface area contributed by atoms with Gasteiger partial charge in [0.15, 0.2) is 0 Å². The van der Waals surface area contributed by atoms with E-state index in [4.69, 9.17) is 9.52 Å². The summed E-state index contributed by atoms with van der Waals surface area (Å²) in [5, 5.41) is 8.89. The zero-order chi connectivity index (χ0) is 12.3. The first-order chi connectivity index (χ1) is 7.47. The normalized spacial score (nSPS) is 12.3. The molecule has 0 bridgehead atoms. The van der Waals surface area contributed by atoms with E-state index in [2.05, 4.69) is 0 Å². The molecule has 0 aliphatic rings. The largest absolute Gasteiger partial charge is 0.462 e. The molecule has 0 atom stereocenters. The lowest BCUT2D eigenvalue weighted by Gasteiger charge is -2.17. The number of nitrogens with zero attached hydrogens (tertiary/aromatic N) is 1. The second-order valence-electron chi connectivity index (χ2n) is 3.38. The van der Waals surface area contributed by atoms with Crippen molar-refractivity contribution >= 4 is 10.0 Å². The van der Waals surface area contributed by atoms with E-state index < -0.39 is 10.0 Å². The minimum atomic E-state index is -3.49. The van der Waals surface area contributed by atoms with Gasteiger partial charge in [0.25, 0.3) is 0 Å². The third-order valence-corrected chi connectivity index (χ3v) is 4.56. The molecular weight excluding hydrogens is 230 g/mol. The van der Waals surface area contributed by atoms with Gasteiger partial charge in [-0.2, -0.15) is 4.31 Å². The molecule has 1 N–H and O–H groups in total. The molecule has 6 heteroatoms. The van der Waals surface area contributed by atoms with Crippen LogP contribution in [0, 0.1) is 6.92 Å². The Kier molecular flexibility index (Phi) is 4.12. The van der Waals surface area contributed by atoms with E-state index in [0.29, 0.717) is 18.8 Å². The molecule has 0 fully saturated rings. The molecule has 5 nitrogen and oxygen atoms in total. The van der Waals surface area contributed by atoms with E-state index in [1.54, 1.807) is 20.8 Å². The van der Waals surface area contributed by atoms with E-state index in [9.17, 15) is 8.42 Å². The summed E-state index contributed by atoms with van der Waals surface area (Å²) >= 11 is 0. The summed E-state index contributed by atoms with van der Waals surface area (Å²) in [6.07, 6.45) is 0. The topological polar surface area (TPSA) is 70.8 Å². The van der Waals surface area contributed by atoms with Gasteiger partial charge in [-0.1, -0.05) is 13.8 Å². The first kappa shape index (κ1) is 13.2. The molecule has 92 valence electrons. The van der Waals surface area contributed by atoms with Gasteiger partial charge >= 0.3 is 0 Å². The van der Waals surface area contributed by atoms with E-state index in [0.717, 1.165) is 0 Å². The number of rotatable bonds is 5. The molecule has 0 radical (unpaired) electrons. The van der Waals surface area contributed by atoms with Gasteiger partial charge in [-0.05, 0) is 6.92 Å². The number of aryl methyl sites for hydroxylation is 1. The molecule has 0 amide bonds. The van der Waals surface area contributed by atoms with Gasteiger partial charge in [0.2, 0.25) is 10.0 Å². The predicted octanol–water partition coefficient (Wildman–Crippen LogP) is 1.11. The number of hydrogen-bond donors (Lipinski definition) is 1. The van der Waals surface area contributed by atoms with Crippen molar-refractivity contribution in [3.8, 4) is 0 Å². The lowest BCUT2D eigenvalue weighted by Crippen LogP contribution is -2.30. The summed E-state index contributed by atoms with van der Waals surface area (Å²) in [6, 6.07) is 1.38. The molecule has 0 aliphatic carbocycles. The van der Waals surface area contributed by atoms with Gasteiger partial charge in [-0.3, -0.25) is 0 Å². The van der Waals surface area contributed by atoms with Crippen LogP contribution in [0.4, 0.5) is 0 Å². The average Bonchev–Trinajstić information content (AvgIpc) is 2.61. The highest BCUT2D eigenvalue weighted by Gasteiger charge is 2.26. The van der Waals surface area contributed by atoms with Crippen molar-refractivity contribution in [2.45, 2.75) is 32.3 Å². The van der Waals surface area contributed by atoms with Crippen LogP contribution in [0.3, 0.4) is 0 Å². The van der Waals surface area contributed by atoms with Crippen LogP contribution in [0.1, 0.15) is 25.4 Å². The van der Waals surface area contributed by atoms with E-state index in [-0.39, 0.29) is 17.3 Å². The van der Waals surface area contributed by atoms with Crippen molar-refractivity contribution in [2.75, 3.05) is 13.1 Å². The van der Waals surface area contributed by atoms with Crippen LogP contribution >= 0.6 is 0 Å². The summed E-state index contributed by atoms with van der Waals surface area (Å²) < 4.78 is 30.7. The lowest BCUT2D eigenvalue weighted by molar-refractivity contribution is 0.244. The molecule has 1 aromatic rings. The van der Waals surface area contributed by atoms with Gasteiger partial charge < -0.3 is 9.52 Å². The monoisotopic (exact) mass is 247 g/mol. The van der Waals surface area contributed by atoms with E-state index in [1.807, 2.05) is 0 Å². The molecule has 0 aromatic carbocycles. The molecule has 16 heavy (non-hydrogen) atoms. The second kappa shape index (κ2) is 4.99. The highest BCUT2D eigenvalue weighted by molar-refractivity contribution is 7.89. The maximum Gasteiger partial charge on any atom is 0.246 e. The van der Waals surface area contributed by atoms with Crippen LogP contribution in [0.5, 0.6) is 0 Å². The quantitative estimate of drug-likeness (QED) is 0.846. The Bertz CT molecular complexity index is 445. The number of sulfonamides is 1. The summed E-state index contributed by atoms with van der Waals surface area (Å²) in [4.78, 5) is 0.139. The molecular formula is C10H17NO4S. The van der Waals surface area contributed by atoms with Gasteiger partial charge in [0.05, 0.1) is 0 Å². The Hall–Kier alpha value is -0.850. The second-order valence-corrected chi connectivity index (χ2v) is 5.29. The molecule has 0 spiro atoms. The summed E-state index contributed by atoms with van der Waals surface area (Å²) in [5.74, 6) is 0.583. The van der Waals surface area contributed by atoms with E-state index >= 15 is 0 Å². The van der Waals surface area contributed by atoms with Gasteiger partial charge in [-0.25, -0.2) is 8.42 Å². The van der Waals surface area contributed by atoms with Gasteiger partial charge in [-0.15, -0.1) is 0 Å². The number of aliphatic hydroxyl groups is 1. The Morgan fingerprint density at radius 3 is 2.31 bits per heavy atom. The maximum absolute atomic E-state index is 12.1. The molecule has 1 heterocycles. The van der Waals surface area contributed by atoms with Crippen molar-refractivity contribution in [1.29, 1.82) is 0 Å². The Morgan fingerprint density at radius 1 is 1.38 bits per heavy atom.